The summed E-state index contributed by atoms with van der Waals surface area (Å²) >= 11 is 0. The number of nitrogens with zero attached hydrogens (tertiary/aromatic N) is 3. The Hall–Kier alpha value is -3.23. The normalized spacial score (nSPS) is 15.1. The third-order valence-corrected chi connectivity index (χ3v) is 4.85. The van der Waals surface area contributed by atoms with Crippen molar-refractivity contribution < 1.29 is 14.3 Å². The zero-order chi connectivity index (χ0) is 20.1. The van der Waals surface area contributed by atoms with Crippen LogP contribution in [0.3, 0.4) is 0 Å². The van der Waals surface area contributed by atoms with Gasteiger partial charge in [-0.25, -0.2) is 14.8 Å². The van der Waals surface area contributed by atoms with Crippen molar-refractivity contribution in [2.24, 2.45) is 0 Å². The van der Waals surface area contributed by atoms with Crippen molar-refractivity contribution in [3.05, 3.63) is 30.1 Å². The second-order valence-corrected chi connectivity index (χ2v) is 7.08. The van der Waals surface area contributed by atoms with Crippen LogP contribution in [0.1, 0.15) is 25.1 Å². The maximum Gasteiger partial charge on any atom is 0.319 e. The molecular formula is C20H26N6O3. The van der Waals surface area contributed by atoms with E-state index in [4.69, 9.17) is 9.47 Å². The van der Waals surface area contributed by atoms with Gasteiger partial charge >= 0.3 is 6.03 Å². The van der Waals surface area contributed by atoms with E-state index in [9.17, 15) is 4.79 Å². The molecule has 3 heterocycles. The second kappa shape index (κ2) is 8.85. The van der Waals surface area contributed by atoms with Gasteiger partial charge in [0.25, 0.3) is 0 Å². The van der Waals surface area contributed by atoms with Gasteiger partial charge in [-0.3, -0.25) is 0 Å². The quantitative estimate of drug-likeness (QED) is 0.643. The van der Waals surface area contributed by atoms with Crippen LogP contribution in [0, 0.1) is 6.92 Å². The number of aryl methyl sites for hydroxylation is 1. The Labute approximate surface area is 169 Å². The van der Waals surface area contributed by atoms with Crippen LogP contribution in [-0.2, 0) is 0 Å². The Kier molecular flexibility index (Phi) is 5.83. The minimum Gasteiger partial charge on any atom is -0.454 e. The number of benzene rings is 1. The molecule has 1 saturated heterocycles. The first kappa shape index (κ1) is 19.1. The van der Waals surface area contributed by atoms with E-state index in [1.807, 2.05) is 13.0 Å². The molecule has 154 valence electrons. The number of hydrogen-bond acceptors (Lipinski definition) is 7. The number of carbonyl (C=O) groups is 1. The lowest BCUT2D eigenvalue weighted by Gasteiger charge is -2.28. The number of nitrogens with one attached hydrogen (secondary N) is 3. The summed E-state index contributed by atoms with van der Waals surface area (Å²) in [4.78, 5) is 23.4. The predicted molar refractivity (Wildman–Crippen MR) is 111 cm³/mol. The van der Waals surface area contributed by atoms with Gasteiger partial charge in [0.2, 0.25) is 6.79 Å². The molecule has 0 spiro atoms. The first-order valence-corrected chi connectivity index (χ1v) is 9.96. The van der Waals surface area contributed by atoms with Gasteiger partial charge in [0.1, 0.15) is 17.5 Å². The second-order valence-electron chi connectivity index (χ2n) is 7.08. The van der Waals surface area contributed by atoms with Crippen LogP contribution in [-0.4, -0.2) is 49.0 Å². The molecule has 9 heteroatoms. The fraction of sp³-hybridized carbons (Fsp3) is 0.450. The van der Waals surface area contributed by atoms with Gasteiger partial charge in [-0.2, -0.15) is 0 Å². The molecule has 2 aliphatic heterocycles. The fourth-order valence-electron chi connectivity index (χ4n) is 3.44. The van der Waals surface area contributed by atoms with Crippen LogP contribution in [0.15, 0.2) is 24.3 Å². The van der Waals surface area contributed by atoms with Crippen LogP contribution in [0.2, 0.25) is 0 Å². The lowest BCUT2D eigenvalue weighted by Crippen LogP contribution is -2.33. The first-order chi connectivity index (χ1) is 14.2. The lowest BCUT2D eigenvalue weighted by atomic mass is 10.1. The molecule has 0 unspecified atom stereocenters. The van der Waals surface area contributed by atoms with Gasteiger partial charge in [0.15, 0.2) is 11.5 Å². The number of aromatic nitrogens is 2. The molecule has 2 amide bonds. The molecule has 2 aromatic rings. The molecule has 0 bridgehead atoms. The molecule has 0 radical (unpaired) electrons. The molecule has 2 aliphatic rings. The van der Waals surface area contributed by atoms with Crippen molar-refractivity contribution in [1.29, 1.82) is 0 Å². The van der Waals surface area contributed by atoms with Crippen molar-refractivity contribution in [2.75, 3.05) is 48.5 Å². The summed E-state index contributed by atoms with van der Waals surface area (Å²) in [7, 11) is 0. The van der Waals surface area contributed by atoms with E-state index in [1.54, 1.807) is 18.2 Å². The molecule has 1 fully saturated rings. The Morgan fingerprint density at radius 2 is 1.90 bits per heavy atom. The summed E-state index contributed by atoms with van der Waals surface area (Å²) in [6.07, 6.45) is 3.69. The molecule has 9 nitrogen and oxygen atoms in total. The van der Waals surface area contributed by atoms with E-state index in [2.05, 4.69) is 30.8 Å². The van der Waals surface area contributed by atoms with Gasteiger partial charge in [-0.15, -0.1) is 0 Å². The Morgan fingerprint density at radius 3 is 2.76 bits per heavy atom. The maximum atomic E-state index is 12.1. The molecule has 0 aliphatic carbocycles. The van der Waals surface area contributed by atoms with Crippen molar-refractivity contribution in [2.45, 2.75) is 26.2 Å². The summed E-state index contributed by atoms with van der Waals surface area (Å²) in [6, 6.07) is 6.99. The average Bonchev–Trinajstić information content (AvgIpc) is 3.19. The van der Waals surface area contributed by atoms with E-state index < -0.39 is 0 Å². The number of piperidine rings is 1. The minimum atomic E-state index is -0.279. The minimum absolute atomic E-state index is 0.207. The molecule has 0 atom stereocenters. The molecule has 1 aromatic heterocycles. The number of rotatable bonds is 6. The predicted octanol–water partition coefficient (Wildman–Crippen LogP) is 2.74. The Morgan fingerprint density at radius 1 is 1.07 bits per heavy atom. The van der Waals surface area contributed by atoms with Gasteiger partial charge in [0, 0.05) is 44.0 Å². The van der Waals surface area contributed by atoms with Gasteiger partial charge < -0.3 is 30.3 Å². The largest absolute Gasteiger partial charge is 0.454 e. The van der Waals surface area contributed by atoms with Crippen LogP contribution < -0.4 is 30.3 Å². The highest BCUT2D eigenvalue weighted by atomic mass is 16.7. The van der Waals surface area contributed by atoms with Crippen LogP contribution in [0.4, 0.5) is 22.1 Å². The molecular weight excluding hydrogens is 372 g/mol. The zero-order valence-corrected chi connectivity index (χ0v) is 16.5. The van der Waals surface area contributed by atoms with Crippen LogP contribution >= 0.6 is 0 Å². The highest BCUT2D eigenvalue weighted by Crippen LogP contribution is 2.34. The number of urea groups is 1. The maximum absolute atomic E-state index is 12.1. The summed E-state index contributed by atoms with van der Waals surface area (Å²) in [5, 5.41) is 8.87. The molecule has 3 N–H and O–H groups in total. The van der Waals surface area contributed by atoms with Crippen molar-refractivity contribution >= 4 is 23.4 Å². The van der Waals surface area contributed by atoms with Gasteiger partial charge in [-0.1, -0.05) is 0 Å². The third-order valence-electron chi connectivity index (χ3n) is 4.85. The summed E-state index contributed by atoms with van der Waals surface area (Å²) in [5.41, 5.74) is 0.650. The van der Waals surface area contributed by atoms with Crippen molar-refractivity contribution in [1.82, 2.24) is 15.3 Å². The fourth-order valence-corrected chi connectivity index (χ4v) is 3.44. The highest BCUT2D eigenvalue weighted by Gasteiger charge is 2.15. The highest BCUT2D eigenvalue weighted by molar-refractivity contribution is 5.89. The van der Waals surface area contributed by atoms with E-state index in [0.717, 1.165) is 30.5 Å². The number of hydrogen-bond donors (Lipinski definition) is 3. The number of ether oxygens (including phenoxy) is 2. The van der Waals surface area contributed by atoms with E-state index >= 15 is 0 Å². The van der Waals surface area contributed by atoms with Crippen LogP contribution in [0.25, 0.3) is 0 Å². The van der Waals surface area contributed by atoms with Crippen molar-refractivity contribution in [3.63, 3.8) is 0 Å². The summed E-state index contributed by atoms with van der Waals surface area (Å²) < 4.78 is 10.6. The monoisotopic (exact) mass is 398 g/mol. The van der Waals surface area contributed by atoms with Gasteiger partial charge in [0.05, 0.1) is 0 Å². The molecule has 0 saturated carbocycles. The Balaban J connectivity index is 1.24. The first-order valence-electron chi connectivity index (χ1n) is 9.96. The standard InChI is InChI=1S/C20H26N6O3/c1-14-23-18(12-19(24-14)26-9-3-2-4-10-26)21-7-8-22-20(27)25-15-5-6-16-17(11-15)29-13-28-16/h5-6,11-12H,2-4,7-10,13H2,1H3,(H,21,23,24)(H2,22,25,27). The number of anilines is 3. The molecule has 4 rings (SSSR count). The molecule has 29 heavy (non-hydrogen) atoms. The SMILES string of the molecule is Cc1nc(NCCNC(=O)Nc2ccc3c(c2)OCO3)cc(N2CCCCC2)n1. The van der Waals surface area contributed by atoms with E-state index in [1.165, 1.54) is 19.3 Å². The van der Waals surface area contributed by atoms with Crippen molar-refractivity contribution in [3.8, 4) is 11.5 Å². The number of amides is 2. The zero-order valence-electron chi connectivity index (χ0n) is 16.5. The third kappa shape index (κ3) is 4.98. The van der Waals surface area contributed by atoms with Crippen LogP contribution in [0.5, 0.6) is 11.5 Å². The Bertz CT molecular complexity index is 869. The van der Waals surface area contributed by atoms with E-state index in [0.29, 0.717) is 30.3 Å². The number of fused-ring (bicyclic) bond motifs is 1. The van der Waals surface area contributed by atoms with Gasteiger partial charge in [-0.05, 0) is 38.3 Å². The molecule has 1 aromatic carbocycles. The average molecular weight is 398 g/mol. The van der Waals surface area contributed by atoms with E-state index in [-0.39, 0.29) is 12.8 Å². The number of carbonyl (C=O) groups excluding carboxylic acids is 1. The summed E-state index contributed by atoms with van der Waals surface area (Å²) in [6.45, 7) is 5.20. The smallest absolute Gasteiger partial charge is 0.319 e. The topological polar surface area (TPSA) is 101 Å². The lowest BCUT2D eigenvalue weighted by molar-refractivity contribution is 0.174. The summed E-state index contributed by atoms with van der Waals surface area (Å²) in [5.74, 6) is 3.80.